The number of carbonyl (C=O) groups is 3. The van der Waals surface area contributed by atoms with Crippen molar-refractivity contribution >= 4 is 18.0 Å². The molecule has 1 aliphatic rings. The maximum Gasteiger partial charge on any atom is 0.407 e. The molecule has 2 amide bonds. The van der Waals surface area contributed by atoms with Crippen LogP contribution in [-0.2, 0) is 19.1 Å². The Labute approximate surface area is 206 Å². The van der Waals surface area contributed by atoms with Crippen LogP contribution >= 0.6 is 0 Å². The number of fused-ring (bicyclic) bond motifs is 3. The number of amides is 2. The number of alkyl carbamates (subject to hydrolysis) is 1. The van der Waals surface area contributed by atoms with E-state index < -0.39 is 24.2 Å². The van der Waals surface area contributed by atoms with Crippen molar-refractivity contribution in [1.82, 2.24) is 10.2 Å². The number of ether oxygens (including phenoxy) is 2. The van der Waals surface area contributed by atoms with Crippen LogP contribution in [0.25, 0.3) is 11.1 Å². The topological polar surface area (TPSA) is 105 Å². The second kappa shape index (κ2) is 11.8. The number of benzene rings is 2. The first-order valence-electron chi connectivity index (χ1n) is 11.9. The average Bonchev–Trinajstić information content (AvgIpc) is 3.16. The van der Waals surface area contributed by atoms with Gasteiger partial charge in [0.25, 0.3) is 0 Å². The minimum atomic E-state index is -0.970. The third-order valence-electron chi connectivity index (χ3n) is 6.42. The summed E-state index contributed by atoms with van der Waals surface area (Å²) in [6.45, 7) is 5.79. The van der Waals surface area contributed by atoms with Crippen molar-refractivity contribution in [3.63, 3.8) is 0 Å². The summed E-state index contributed by atoms with van der Waals surface area (Å²) in [7, 11) is 1.47. The zero-order valence-corrected chi connectivity index (χ0v) is 20.7. The standard InChI is InChI=1S/C27H34N2O6/c1-17(2)29(15-9-14-24(30)31)26(32)25(18(3)34-4)28-27(33)35-16-23-21-12-7-5-10-19(21)20-11-6-8-13-22(20)23/h5-8,10-13,17-18,23,25H,9,14-16H2,1-4H3,(H,28,33)(H,30,31). The minimum Gasteiger partial charge on any atom is -0.481 e. The number of aliphatic carboxylic acids is 1. The number of hydrogen-bond donors (Lipinski definition) is 2. The van der Waals surface area contributed by atoms with Gasteiger partial charge in [0.15, 0.2) is 0 Å². The molecule has 0 fully saturated rings. The molecular formula is C27H34N2O6. The maximum absolute atomic E-state index is 13.3. The van der Waals surface area contributed by atoms with E-state index in [-0.39, 0.29) is 37.4 Å². The third-order valence-corrected chi connectivity index (χ3v) is 6.42. The second-order valence-electron chi connectivity index (χ2n) is 9.01. The summed E-state index contributed by atoms with van der Waals surface area (Å²) in [5.74, 6) is -1.35. The minimum absolute atomic E-state index is 0.0409. The molecule has 2 N–H and O–H groups in total. The van der Waals surface area contributed by atoms with Crippen LogP contribution in [0.3, 0.4) is 0 Å². The second-order valence-corrected chi connectivity index (χ2v) is 9.01. The zero-order chi connectivity index (χ0) is 25.5. The lowest BCUT2D eigenvalue weighted by Crippen LogP contribution is -2.56. The van der Waals surface area contributed by atoms with Crippen LogP contribution in [-0.4, -0.2) is 66.4 Å². The molecule has 8 nitrogen and oxygen atoms in total. The van der Waals surface area contributed by atoms with Gasteiger partial charge in [-0.25, -0.2) is 4.79 Å². The molecule has 2 atom stereocenters. The van der Waals surface area contributed by atoms with Gasteiger partial charge in [-0.05, 0) is 49.4 Å². The Kier molecular flexibility index (Phi) is 8.87. The Bertz CT molecular complexity index is 1010. The first kappa shape index (κ1) is 26.2. The third kappa shape index (κ3) is 6.19. The molecule has 8 heteroatoms. The van der Waals surface area contributed by atoms with Crippen LogP contribution in [0, 0.1) is 0 Å². The summed E-state index contributed by atoms with van der Waals surface area (Å²) in [6.07, 6.45) is -1.04. The molecule has 2 aromatic carbocycles. The highest BCUT2D eigenvalue weighted by atomic mass is 16.5. The van der Waals surface area contributed by atoms with E-state index in [0.29, 0.717) is 6.42 Å². The van der Waals surface area contributed by atoms with E-state index in [1.165, 1.54) is 7.11 Å². The number of rotatable bonds is 11. The van der Waals surface area contributed by atoms with Crippen LogP contribution in [0.4, 0.5) is 4.79 Å². The van der Waals surface area contributed by atoms with E-state index in [2.05, 4.69) is 17.4 Å². The number of hydrogen-bond acceptors (Lipinski definition) is 5. The number of carbonyl (C=O) groups excluding carboxylic acids is 2. The van der Waals surface area contributed by atoms with E-state index in [1.54, 1.807) is 11.8 Å². The predicted octanol–water partition coefficient (Wildman–Crippen LogP) is 4.03. The van der Waals surface area contributed by atoms with Gasteiger partial charge in [-0.3, -0.25) is 9.59 Å². The van der Waals surface area contributed by atoms with Gasteiger partial charge in [0, 0.05) is 32.0 Å². The van der Waals surface area contributed by atoms with Gasteiger partial charge in [-0.15, -0.1) is 0 Å². The van der Waals surface area contributed by atoms with Crippen molar-refractivity contribution in [2.24, 2.45) is 0 Å². The summed E-state index contributed by atoms with van der Waals surface area (Å²) >= 11 is 0. The Hall–Kier alpha value is -3.39. The van der Waals surface area contributed by atoms with E-state index in [4.69, 9.17) is 14.6 Å². The van der Waals surface area contributed by atoms with Gasteiger partial charge in [0.2, 0.25) is 5.91 Å². The maximum atomic E-state index is 13.3. The molecule has 0 spiro atoms. The van der Waals surface area contributed by atoms with Gasteiger partial charge < -0.3 is 24.8 Å². The van der Waals surface area contributed by atoms with Gasteiger partial charge >= 0.3 is 12.1 Å². The highest BCUT2D eigenvalue weighted by Gasteiger charge is 2.34. The van der Waals surface area contributed by atoms with Crippen molar-refractivity contribution in [3.8, 4) is 11.1 Å². The lowest BCUT2D eigenvalue weighted by atomic mass is 9.98. The smallest absolute Gasteiger partial charge is 0.407 e. The molecule has 2 aromatic rings. The van der Waals surface area contributed by atoms with Crippen molar-refractivity contribution in [2.45, 2.75) is 57.7 Å². The molecule has 0 heterocycles. The highest BCUT2D eigenvalue weighted by molar-refractivity contribution is 5.86. The molecule has 3 rings (SSSR count). The van der Waals surface area contributed by atoms with Crippen LogP contribution in [0.5, 0.6) is 0 Å². The van der Waals surface area contributed by atoms with Crippen LogP contribution < -0.4 is 5.32 Å². The van der Waals surface area contributed by atoms with Gasteiger partial charge in [0.1, 0.15) is 12.6 Å². The first-order valence-corrected chi connectivity index (χ1v) is 11.9. The summed E-state index contributed by atoms with van der Waals surface area (Å²) in [5, 5.41) is 11.6. The van der Waals surface area contributed by atoms with Crippen molar-refractivity contribution in [2.75, 3.05) is 20.3 Å². The summed E-state index contributed by atoms with van der Waals surface area (Å²) in [4.78, 5) is 38.6. The first-order chi connectivity index (χ1) is 16.7. The summed E-state index contributed by atoms with van der Waals surface area (Å²) in [5.41, 5.74) is 4.46. The molecule has 0 saturated carbocycles. The molecule has 0 aliphatic heterocycles. The largest absolute Gasteiger partial charge is 0.481 e. The van der Waals surface area contributed by atoms with Crippen molar-refractivity contribution in [3.05, 3.63) is 59.7 Å². The fraction of sp³-hybridized carbons (Fsp3) is 0.444. The van der Waals surface area contributed by atoms with E-state index in [0.717, 1.165) is 22.3 Å². The monoisotopic (exact) mass is 482 g/mol. The number of methoxy groups -OCH3 is 1. The van der Waals surface area contributed by atoms with E-state index in [9.17, 15) is 14.4 Å². The Morgan fingerprint density at radius 1 is 1.00 bits per heavy atom. The number of nitrogens with one attached hydrogen (secondary N) is 1. The Balaban J connectivity index is 1.69. The SMILES string of the molecule is COC(C)C(NC(=O)OCC1c2ccccc2-c2ccccc21)C(=O)N(CCCC(=O)O)C(C)C. The Morgan fingerprint density at radius 2 is 1.57 bits per heavy atom. The van der Waals surface area contributed by atoms with E-state index >= 15 is 0 Å². The molecule has 35 heavy (non-hydrogen) atoms. The molecular weight excluding hydrogens is 448 g/mol. The van der Waals surface area contributed by atoms with Gasteiger partial charge in [-0.2, -0.15) is 0 Å². The summed E-state index contributed by atoms with van der Waals surface area (Å²) in [6, 6.07) is 15.0. The van der Waals surface area contributed by atoms with Crippen LogP contribution in [0.2, 0.25) is 0 Å². The molecule has 0 aromatic heterocycles. The predicted molar refractivity (Wildman–Crippen MR) is 132 cm³/mol. The lowest BCUT2D eigenvalue weighted by Gasteiger charge is -2.33. The molecule has 0 bridgehead atoms. The van der Waals surface area contributed by atoms with Crippen LogP contribution in [0.15, 0.2) is 48.5 Å². The molecule has 1 aliphatic carbocycles. The highest BCUT2D eigenvalue weighted by Crippen LogP contribution is 2.44. The Morgan fingerprint density at radius 3 is 2.09 bits per heavy atom. The number of nitrogens with zero attached hydrogens (tertiary/aromatic N) is 1. The quantitative estimate of drug-likeness (QED) is 0.501. The van der Waals surface area contributed by atoms with Crippen LogP contribution in [0.1, 0.15) is 50.7 Å². The van der Waals surface area contributed by atoms with Gasteiger partial charge in [-0.1, -0.05) is 48.5 Å². The van der Waals surface area contributed by atoms with Crippen molar-refractivity contribution < 1.29 is 29.0 Å². The fourth-order valence-electron chi connectivity index (χ4n) is 4.49. The molecule has 188 valence electrons. The van der Waals surface area contributed by atoms with E-state index in [1.807, 2.05) is 50.2 Å². The average molecular weight is 483 g/mol. The summed E-state index contributed by atoms with van der Waals surface area (Å²) < 4.78 is 11.0. The van der Waals surface area contributed by atoms with Gasteiger partial charge in [0.05, 0.1) is 6.10 Å². The lowest BCUT2D eigenvalue weighted by molar-refractivity contribution is -0.140. The zero-order valence-electron chi connectivity index (χ0n) is 20.7. The number of carboxylic acid groups (broad SMARTS) is 1. The molecule has 0 saturated heterocycles. The molecule has 0 radical (unpaired) electrons. The number of carboxylic acids is 1. The molecule has 2 unspecified atom stereocenters. The normalized spacial score (nSPS) is 14.1. The van der Waals surface area contributed by atoms with Crippen molar-refractivity contribution in [1.29, 1.82) is 0 Å². The fourth-order valence-corrected chi connectivity index (χ4v) is 4.49.